The first-order chi connectivity index (χ1) is 11.6. The van der Waals surface area contributed by atoms with Gasteiger partial charge in [0.05, 0.1) is 16.3 Å². The molecule has 2 heterocycles. The number of amides is 1. The van der Waals surface area contributed by atoms with Crippen molar-refractivity contribution in [1.82, 2.24) is 14.7 Å². The molecule has 2 aromatic heterocycles. The average molecular weight is 339 g/mol. The van der Waals surface area contributed by atoms with E-state index < -0.39 is 0 Å². The minimum Gasteiger partial charge on any atom is -0.338 e. The molecule has 0 aliphatic heterocycles. The van der Waals surface area contributed by atoms with Crippen molar-refractivity contribution in [3.8, 4) is 5.69 Å². The molecule has 4 nitrogen and oxygen atoms in total. The number of aryl methyl sites for hydroxylation is 1. The van der Waals surface area contributed by atoms with Crippen LogP contribution in [0.3, 0.4) is 0 Å². The zero-order valence-electron chi connectivity index (χ0n) is 14.2. The number of fused-ring (bicyclic) bond motifs is 1. The van der Waals surface area contributed by atoms with E-state index >= 15 is 0 Å². The van der Waals surface area contributed by atoms with Gasteiger partial charge in [-0.05, 0) is 50.8 Å². The number of aromatic nitrogens is 2. The second-order valence-electron chi connectivity index (χ2n) is 6.66. The monoisotopic (exact) mass is 339 g/mol. The highest BCUT2D eigenvalue weighted by Gasteiger charge is 2.33. The lowest BCUT2D eigenvalue weighted by Gasteiger charge is -2.24. The van der Waals surface area contributed by atoms with Gasteiger partial charge < -0.3 is 4.90 Å². The molecule has 124 valence electrons. The number of rotatable bonds is 4. The molecule has 1 aromatic carbocycles. The lowest BCUT2D eigenvalue weighted by molar-refractivity contribution is 0.0732. The van der Waals surface area contributed by atoms with Crippen molar-refractivity contribution in [3.05, 3.63) is 47.0 Å². The fraction of sp³-hybridized carbons (Fsp3) is 0.368. The molecule has 24 heavy (non-hydrogen) atoms. The van der Waals surface area contributed by atoms with Gasteiger partial charge in [0.25, 0.3) is 5.91 Å². The van der Waals surface area contributed by atoms with Crippen molar-refractivity contribution < 1.29 is 4.79 Å². The molecule has 1 fully saturated rings. The van der Waals surface area contributed by atoms with Crippen molar-refractivity contribution in [3.63, 3.8) is 0 Å². The standard InChI is InChI=1S/C19H21N3OS/c1-12-16-11-17(18(23)21(3)13(2)14-9-10-14)24-19(16)22(20-12)15-7-5-4-6-8-15/h4-8,11,13-14H,9-10H2,1-3H3. The molecule has 0 bridgehead atoms. The molecule has 3 aromatic rings. The second-order valence-corrected chi connectivity index (χ2v) is 7.69. The minimum atomic E-state index is 0.120. The van der Waals surface area contributed by atoms with Crippen LogP contribution in [0.15, 0.2) is 36.4 Å². The first kappa shape index (κ1) is 15.4. The van der Waals surface area contributed by atoms with E-state index in [1.807, 2.05) is 60.0 Å². The number of benzene rings is 1. The van der Waals surface area contributed by atoms with Crippen LogP contribution in [0.25, 0.3) is 15.9 Å². The molecule has 0 spiro atoms. The molecule has 0 saturated heterocycles. The molecular weight excluding hydrogens is 318 g/mol. The van der Waals surface area contributed by atoms with Gasteiger partial charge in [0.15, 0.2) is 0 Å². The predicted molar refractivity (Wildman–Crippen MR) is 98.0 cm³/mol. The van der Waals surface area contributed by atoms with Crippen LogP contribution in [0, 0.1) is 12.8 Å². The third kappa shape index (κ3) is 2.53. The molecule has 1 saturated carbocycles. The van der Waals surface area contributed by atoms with Crippen LogP contribution in [-0.2, 0) is 0 Å². The summed E-state index contributed by atoms with van der Waals surface area (Å²) in [6.45, 7) is 4.15. The summed E-state index contributed by atoms with van der Waals surface area (Å²) >= 11 is 1.53. The highest BCUT2D eigenvalue weighted by Crippen LogP contribution is 2.36. The van der Waals surface area contributed by atoms with Crippen LogP contribution in [0.4, 0.5) is 0 Å². The lowest BCUT2D eigenvalue weighted by Crippen LogP contribution is -2.35. The SMILES string of the molecule is Cc1nn(-c2ccccc2)c2sc(C(=O)N(C)C(C)C3CC3)cc12. The molecule has 1 atom stereocenters. The van der Waals surface area contributed by atoms with Gasteiger partial charge in [-0.3, -0.25) is 4.79 Å². The number of carbonyl (C=O) groups is 1. The largest absolute Gasteiger partial charge is 0.338 e. The number of nitrogens with zero attached hydrogens (tertiary/aromatic N) is 3. The Bertz CT molecular complexity index is 892. The van der Waals surface area contributed by atoms with Crippen molar-refractivity contribution in [1.29, 1.82) is 0 Å². The van der Waals surface area contributed by atoms with Gasteiger partial charge in [0, 0.05) is 18.5 Å². The third-order valence-electron chi connectivity index (χ3n) is 4.99. The minimum absolute atomic E-state index is 0.120. The lowest BCUT2D eigenvalue weighted by atomic mass is 10.2. The summed E-state index contributed by atoms with van der Waals surface area (Å²) in [6, 6.07) is 12.4. The van der Waals surface area contributed by atoms with Crippen molar-refractivity contribution in [2.75, 3.05) is 7.05 Å². The van der Waals surface area contributed by atoms with Gasteiger partial charge in [-0.2, -0.15) is 5.10 Å². The maximum atomic E-state index is 12.9. The highest BCUT2D eigenvalue weighted by molar-refractivity contribution is 7.20. The number of para-hydroxylation sites is 1. The van der Waals surface area contributed by atoms with Crippen molar-refractivity contribution >= 4 is 27.5 Å². The summed E-state index contributed by atoms with van der Waals surface area (Å²) in [5.41, 5.74) is 1.98. The summed E-state index contributed by atoms with van der Waals surface area (Å²) < 4.78 is 1.94. The van der Waals surface area contributed by atoms with Gasteiger partial charge in [0.1, 0.15) is 4.83 Å². The predicted octanol–water partition coefficient (Wildman–Crippen LogP) is 4.27. The van der Waals surface area contributed by atoms with Crippen LogP contribution in [-0.4, -0.2) is 33.7 Å². The second kappa shape index (κ2) is 5.74. The average Bonchev–Trinajstić information content (AvgIpc) is 3.29. The van der Waals surface area contributed by atoms with E-state index in [2.05, 4.69) is 12.0 Å². The fourth-order valence-corrected chi connectivity index (χ4v) is 4.32. The Hall–Kier alpha value is -2.14. The maximum Gasteiger partial charge on any atom is 0.264 e. The van der Waals surface area contributed by atoms with Crippen LogP contribution in [0.2, 0.25) is 0 Å². The number of carbonyl (C=O) groups excluding carboxylic acids is 1. The molecule has 0 N–H and O–H groups in total. The summed E-state index contributed by atoms with van der Waals surface area (Å²) in [5.74, 6) is 0.796. The molecule has 5 heteroatoms. The van der Waals surface area contributed by atoms with Crippen molar-refractivity contribution in [2.45, 2.75) is 32.7 Å². The molecule has 1 aliphatic carbocycles. The topological polar surface area (TPSA) is 38.1 Å². The molecule has 4 rings (SSSR count). The van der Waals surface area contributed by atoms with E-state index in [0.717, 1.165) is 26.5 Å². The summed E-state index contributed by atoms with van der Waals surface area (Å²) in [4.78, 5) is 16.6. The van der Waals surface area contributed by atoms with E-state index in [9.17, 15) is 4.79 Å². The van der Waals surface area contributed by atoms with E-state index in [4.69, 9.17) is 0 Å². The van der Waals surface area contributed by atoms with Crippen LogP contribution < -0.4 is 0 Å². The Balaban J connectivity index is 1.72. The van der Waals surface area contributed by atoms with Gasteiger partial charge in [-0.15, -0.1) is 11.3 Å². The summed E-state index contributed by atoms with van der Waals surface area (Å²) in [7, 11) is 1.92. The Morgan fingerprint density at radius 1 is 1.33 bits per heavy atom. The number of hydrogen-bond donors (Lipinski definition) is 0. The van der Waals surface area contributed by atoms with Gasteiger partial charge in [-0.1, -0.05) is 18.2 Å². The van der Waals surface area contributed by atoms with Crippen LogP contribution in [0.5, 0.6) is 0 Å². The van der Waals surface area contributed by atoms with Gasteiger partial charge >= 0.3 is 0 Å². The molecule has 0 radical (unpaired) electrons. The smallest absolute Gasteiger partial charge is 0.264 e. The first-order valence-corrected chi connectivity index (χ1v) is 9.19. The Labute approximate surface area is 145 Å². The molecular formula is C19H21N3OS. The van der Waals surface area contributed by atoms with Gasteiger partial charge in [-0.25, -0.2) is 4.68 Å². The Morgan fingerprint density at radius 3 is 2.71 bits per heavy atom. The Morgan fingerprint density at radius 2 is 2.04 bits per heavy atom. The summed E-state index contributed by atoms with van der Waals surface area (Å²) in [6.07, 6.45) is 2.49. The van der Waals surface area contributed by atoms with Gasteiger partial charge in [0.2, 0.25) is 0 Å². The summed E-state index contributed by atoms with van der Waals surface area (Å²) in [5, 5.41) is 5.71. The number of thiophene rings is 1. The maximum absolute atomic E-state index is 12.9. The molecule has 1 amide bonds. The fourth-order valence-electron chi connectivity index (χ4n) is 3.15. The molecule has 1 unspecified atom stereocenters. The highest BCUT2D eigenvalue weighted by atomic mass is 32.1. The van der Waals surface area contributed by atoms with Crippen molar-refractivity contribution in [2.24, 2.45) is 5.92 Å². The normalized spacial score (nSPS) is 15.6. The first-order valence-electron chi connectivity index (χ1n) is 8.38. The van der Waals surface area contributed by atoms with Crippen LogP contribution >= 0.6 is 11.3 Å². The molecule has 1 aliphatic rings. The van der Waals surface area contributed by atoms with E-state index in [1.54, 1.807) is 0 Å². The zero-order chi connectivity index (χ0) is 16.8. The van der Waals surface area contributed by atoms with Crippen LogP contribution in [0.1, 0.15) is 35.1 Å². The van der Waals surface area contributed by atoms with E-state index in [1.165, 1.54) is 24.2 Å². The number of hydrogen-bond acceptors (Lipinski definition) is 3. The third-order valence-corrected chi connectivity index (χ3v) is 6.09. The Kier molecular flexibility index (Phi) is 3.68. The van der Waals surface area contributed by atoms with E-state index in [-0.39, 0.29) is 5.91 Å². The van der Waals surface area contributed by atoms with E-state index in [0.29, 0.717) is 12.0 Å². The zero-order valence-corrected chi connectivity index (χ0v) is 15.0. The quantitative estimate of drug-likeness (QED) is 0.712.